The van der Waals surface area contributed by atoms with Crippen molar-refractivity contribution in [1.29, 1.82) is 0 Å². The molecule has 0 aromatic carbocycles. The number of primary amides is 1. The zero-order chi connectivity index (χ0) is 13.0. The summed E-state index contributed by atoms with van der Waals surface area (Å²) in [6, 6.07) is -1.71. The Labute approximate surface area is 98.9 Å². The molecule has 0 aromatic heterocycles. The quantitative estimate of drug-likeness (QED) is 0.609. The van der Waals surface area contributed by atoms with Gasteiger partial charge in [-0.25, -0.2) is 9.59 Å². The van der Waals surface area contributed by atoms with E-state index in [1.807, 2.05) is 6.92 Å². The highest BCUT2D eigenvalue weighted by Gasteiger charge is 2.28. The van der Waals surface area contributed by atoms with Gasteiger partial charge in [0, 0.05) is 13.1 Å². The third-order valence-corrected chi connectivity index (χ3v) is 2.71. The second kappa shape index (κ2) is 5.51. The first kappa shape index (κ1) is 13.3. The number of rotatable bonds is 4. The minimum atomic E-state index is -1.26. The summed E-state index contributed by atoms with van der Waals surface area (Å²) in [7, 11) is 0. The molecule has 0 aliphatic carbocycles. The molecule has 2 atom stereocenters. The Morgan fingerprint density at radius 3 is 2.59 bits per heavy atom. The lowest BCUT2D eigenvalue weighted by Crippen LogP contribution is -2.48. The van der Waals surface area contributed by atoms with Gasteiger partial charge in [-0.05, 0) is 12.3 Å². The number of nitrogens with one attached hydrogen (secondary N) is 1. The molecule has 7 nitrogen and oxygen atoms in total. The summed E-state index contributed by atoms with van der Waals surface area (Å²) in [5, 5.41) is 11.1. The summed E-state index contributed by atoms with van der Waals surface area (Å²) in [5.41, 5.74) is 4.92. The Morgan fingerprint density at radius 2 is 2.18 bits per heavy atom. The maximum Gasteiger partial charge on any atom is 0.326 e. The summed E-state index contributed by atoms with van der Waals surface area (Å²) < 4.78 is 0. The fraction of sp³-hybridized carbons (Fsp3) is 0.700. The third-order valence-electron chi connectivity index (χ3n) is 2.71. The van der Waals surface area contributed by atoms with Gasteiger partial charge in [0.05, 0.1) is 6.42 Å². The van der Waals surface area contributed by atoms with Gasteiger partial charge in [0.2, 0.25) is 5.91 Å². The lowest BCUT2D eigenvalue weighted by molar-refractivity contribution is -0.140. The van der Waals surface area contributed by atoms with Gasteiger partial charge >= 0.3 is 12.0 Å². The van der Waals surface area contributed by atoms with Crippen LogP contribution in [-0.4, -0.2) is 47.0 Å². The Balaban J connectivity index is 2.52. The minimum absolute atomic E-state index is 0.398. The highest BCUT2D eigenvalue weighted by molar-refractivity contribution is 5.87. The van der Waals surface area contributed by atoms with E-state index in [1.165, 1.54) is 0 Å². The predicted octanol–water partition coefficient (Wildman–Crippen LogP) is -0.634. The van der Waals surface area contributed by atoms with Crippen molar-refractivity contribution in [2.45, 2.75) is 25.8 Å². The molecule has 1 fully saturated rings. The number of hydrogen-bond acceptors (Lipinski definition) is 3. The van der Waals surface area contributed by atoms with Crippen molar-refractivity contribution in [3.63, 3.8) is 0 Å². The molecule has 1 rings (SSSR count). The number of nitrogens with zero attached hydrogens (tertiary/aromatic N) is 1. The van der Waals surface area contributed by atoms with Crippen LogP contribution in [0.1, 0.15) is 19.8 Å². The topological polar surface area (TPSA) is 113 Å². The van der Waals surface area contributed by atoms with Crippen LogP contribution in [0, 0.1) is 5.92 Å². The summed E-state index contributed by atoms with van der Waals surface area (Å²) in [5.74, 6) is -1.60. The summed E-state index contributed by atoms with van der Waals surface area (Å²) in [4.78, 5) is 34.7. The second-order valence-corrected chi connectivity index (χ2v) is 4.35. The molecule has 96 valence electrons. The lowest BCUT2D eigenvalue weighted by Gasteiger charge is -2.20. The van der Waals surface area contributed by atoms with Crippen molar-refractivity contribution < 1.29 is 19.5 Å². The van der Waals surface area contributed by atoms with E-state index in [4.69, 9.17) is 10.8 Å². The lowest BCUT2D eigenvalue weighted by atomic mass is 10.2. The molecule has 0 spiro atoms. The second-order valence-electron chi connectivity index (χ2n) is 4.35. The summed E-state index contributed by atoms with van der Waals surface area (Å²) in [6.07, 6.45) is 0.505. The van der Waals surface area contributed by atoms with Gasteiger partial charge in [-0.2, -0.15) is 0 Å². The zero-order valence-electron chi connectivity index (χ0n) is 9.68. The van der Waals surface area contributed by atoms with Crippen molar-refractivity contribution >= 4 is 17.9 Å². The van der Waals surface area contributed by atoms with Crippen molar-refractivity contribution in [2.75, 3.05) is 13.1 Å². The first-order valence-corrected chi connectivity index (χ1v) is 5.46. The van der Waals surface area contributed by atoms with E-state index >= 15 is 0 Å². The molecule has 0 aromatic rings. The number of carbonyl (C=O) groups excluding carboxylic acids is 2. The van der Waals surface area contributed by atoms with Gasteiger partial charge in [-0.15, -0.1) is 0 Å². The number of aliphatic carboxylic acids is 1. The zero-order valence-corrected chi connectivity index (χ0v) is 9.68. The molecule has 17 heavy (non-hydrogen) atoms. The average Bonchev–Trinajstić information content (AvgIpc) is 2.63. The number of urea groups is 1. The van der Waals surface area contributed by atoms with E-state index in [-0.39, 0.29) is 0 Å². The first-order chi connectivity index (χ1) is 7.90. The van der Waals surface area contributed by atoms with E-state index in [0.29, 0.717) is 19.0 Å². The number of amides is 3. The molecule has 1 aliphatic heterocycles. The van der Waals surface area contributed by atoms with Crippen molar-refractivity contribution in [3.8, 4) is 0 Å². The van der Waals surface area contributed by atoms with E-state index < -0.39 is 30.4 Å². The molecule has 0 bridgehead atoms. The van der Waals surface area contributed by atoms with Gasteiger partial charge in [0.15, 0.2) is 0 Å². The van der Waals surface area contributed by atoms with E-state index in [0.717, 1.165) is 6.42 Å². The smallest absolute Gasteiger partial charge is 0.326 e. The van der Waals surface area contributed by atoms with Gasteiger partial charge in [-0.1, -0.05) is 6.92 Å². The highest BCUT2D eigenvalue weighted by atomic mass is 16.4. The van der Waals surface area contributed by atoms with Gasteiger partial charge in [-0.3, -0.25) is 4.79 Å². The average molecular weight is 243 g/mol. The molecule has 1 unspecified atom stereocenters. The van der Waals surface area contributed by atoms with Crippen LogP contribution in [0.3, 0.4) is 0 Å². The Hall–Kier alpha value is -1.79. The van der Waals surface area contributed by atoms with Crippen LogP contribution in [-0.2, 0) is 9.59 Å². The standard InChI is InChI=1S/C10H17N3O4/c1-6-2-3-13(5-6)10(17)12-7(9(15)16)4-8(11)14/h6-7H,2-5H2,1H3,(H2,11,14)(H,12,17)(H,15,16)/t6?,7-/m1/s1. The highest BCUT2D eigenvalue weighted by Crippen LogP contribution is 2.14. The Bertz CT molecular complexity index is 332. The predicted molar refractivity (Wildman–Crippen MR) is 59.1 cm³/mol. The molecule has 0 saturated carbocycles. The monoisotopic (exact) mass is 243 g/mol. The van der Waals surface area contributed by atoms with Crippen LogP contribution in [0.4, 0.5) is 4.79 Å². The largest absolute Gasteiger partial charge is 0.480 e. The van der Waals surface area contributed by atoms with Crippen LogP contribution < -0.4 is 11.1 Å². The van der Waals surface area contributed by atoms with Crippen LogP contribution >= 0.6 is 0 Å². The summed E-state index contributed by atoms with van der Waals surface area (Å²) >= 11 is 0. The van der Waals surface area contributed by atoms with Crippen molar-refractivity contribution in [2.24, 2.45) is 11.7 Å². The molecular weight excluding hydrogens is 226 g/mol. The third kappa shape index (κ3) is 3.93. The maximum atomic E-state index is 11.7. The van der Waals surface area contributed by atoms with Crippen LogP contribution in [0.2, 0.25) is 0 Å². The minimum Gasteiger partial charge on any atom is -0.480 e. The van der Waals surface area contributed by atoms with E-state index in [2.05, 4.69) is 5.32 Å². The SMILES string of the molecule is CC1CCN(C(=O)N[C@H](CC(N)=O)C(=O)O)C1. The molecule has 0 radical (unpaired) electrons. The number of carboxylic acid groups (broad SMARTS) is 1. The Kier molecular flexibility index (Phi) is 4.30. The number of carboxylic acids is 1. The van der Waals surface area contributed by atoms with Crippen LogP contribution in [0.5, 0.6) is 0 Å². The summed E-state index contributed by atoms with van der Waals surface area (Å²) in [6.45, 7) is 3.23. The van der Waals surface area contributed by atoms with Crippen LogP contribution in [0.15, 0.2) is 0 Å². The molecule has 4 N–H and O–H groups in total. The van der Waals surface area contributed by atoms with E-state index in [9.17, 15) is 14.4 Å². The number of hydrogen-bond donors (Lipinski definition) is 3. The van der Waals surface area contributed by atoms with Crippen molar-refractivity contribution in [3.05, 3.63) is 0 Å². The number of likely N-dealkylation sites (tertiary alicyclic amines) is 1. The molecular formula is C10H17N3O4. The molecule has 1 heterocycles. The van der Waals surface area contributed by atoms with E-state index in [1.54, 1.807) is 4.90 Å². The molecule has 3 amide bonds. The first-order valence-electron chi connectivity index (χ1n) is 5.46. The van der Waals surface area contributed by atoms with Crippen LogP contribution in [0.25, 0.3) is 0 Å². The number of carbonyl (C=O) groups is 3. The van der Waals surface area contributed by atoms with Crippen molar-refractivity contribution in [1.82, 2.24) is 10.2 Å². The van der Waals surface area contributed by atoms with Gasteiger partial charge in [0.1, 0.15) is 6.04 Å². The maximum absolute atomic E-state index is 11.7. The normalized spacial score (nSPS) is 21.0. The number of nitrogens with two attached hydrogens (primary N) is 1. The fourth-order valence-electron chi connectivity index (χ4n) is 1.76. The van der Waals surface area contributed by atoms with Gasteiger partial charge in [0.25, 0.3) is 0 Å². The Morgan fingerprint density at radius 1 is 1.53 bits per heavy atom. The fourth-order valence-corrected chi connectivity index (χ4v) is 1.76. The molecule has 1 saturated heterocycles. The molecule has 7 heteroatoms. The van der Waals surface area contributed by atoms with Gasteiger partial charge < -0.3 is 21.1 Å². The molecule has 1 aliphatic rings.